The highest BCUT2D eigenvalue weighted by atomic mass is 35.5. The lowest BCUT2D eigenvalue weighted by molar-refractivity contribution is -0.140. The molecule has 0 spiro atoms. The highest BCUT2D eigenvalue weighted by molar-refractivity contribution is 6.46. The summed E-state index contributed by atoms with van der Waals surface area (Å²) in [4.78, 5) is 29.7. The van der Waals surface area contributed by atoms with Gasteiger partial charge in [0.1, 0.15) is 5.76 Å². The molecule has 30 heavy (non-hydrogen) atoms. The normalized spacial score (nSPS) is 18.4. The molecule has 2 aromatic carbocycles. The maximum atomic E-state index is 13.0. The minimum atomic E-state index is -0.660. The number of Topliss-reactive ketones (excluding diaryl/α,β-unsaturated/α-hetero) is 1. The lowest BCUT2D eigenvalue weighted by Gasteiger charge is -2.28. The molecule has 158 valence electrons. The Kier molecular flexibility index (Phi) is 6.95. The van der Waals surface area contributed by atoms with E-state index in [4.69, 9.17) is 11.6 Å². The Morgan fingerprint density at radius 2 is 1.63 bits per heavy atom. The molecule has 1 amide bonds. The molecule has 1 fully saturated rings. The van der Waals surface area contributed by atoms with Crippen LogP contribution in [0.15, 0.2) is 54.1 Å². The molecule has 1 saturated heterocycles. The van der Waals surface area contributed by atoms with Crippen LogP contribution in [-0.4, -0.2) is 52.8 Å². The van der Waals surface area contributed by atoms with Gasteiger partial charge in [0, 0.05) is 23.7 Å². The zero-order valence-electron chi connectivity index (χ0n) is 17.6. The van der Waals surface area contributed by atoms with Crippen molar-refractivity contribution in [1.82, 2.24) is 9.80 Å². The molecular formula is C24H27ClN2O3. The number of halogens is 1. The summed E-state index contributed by atoms with van der Waals surface area (Å²) in [6.45, 7) is 8.90. The molecule has 1 aliphatic heterocycles. The molecule has 3 rings (SSSR count). The Morgan fingerprint density at radius 1 is 1.03 bits per heavy atom. The summed E-state index contributed by atoms with van der Waals surface area (Å²) in [5, 5.41) is 11.5. The van der Waals surface area contributed by atoms with E-state index in [9.17, 15) is 14.7 Å². The average molecular weight is 427 g/mol. The van der Waals surface area contributed by atoms with Crippen LogP contribution in [0.2, 0.25) is 5.02 Å². The third-order valence-corrected chi connectivity index (χ3v) is 5.85. The minimum Gasteiger partial charge on any atom is -0.507 e. The number of aryl methyl sites for hydroxylation is 1. The van der Waals surface area contributed by atoms with Gasteiger partial charge in [-0.1, -0.05) is 55.3 Å². The number of aliphatic hydroxyl groups excluding tert-OH is 1. The summed E-state index contributed by atoms with van der Waals surface area (Å²) in [7, 11) is 0. The number of rotatable bonds is 7. The first-order chi connectivity index (χ1) is 14.4. The predicted molar refractivity (Wildman–Crippen MR) is 119 cm³/mol. The quantitative estimate of drug-likeness (QED) is 0.404. The van der Waals surface area contributed by atoms with E-state index in [1.165, 1.54) is 0 Å². The maximum absolute atomic E-state index is 13.0. The molecule has 0 bridgehead atoms. The first-order valence-corrected chi connectivity index (χ1v) is 10.6. The van der Waals surface area contributed by atoms with Gasteiger partial charge in [-0.25, -0.2) is 0 Å². The average Bonchev–Trinajstić information content (AvgIpc) is 3.00. The second-order valence-electron chi connectivity index (χ2n) is 7.44. The number of aliphatic hydroxyl groups is 1. The van der Waals surface area contributed by atoms with Crippen molar-refractivity contribution in [2.24, 2.45) is 0 Å². The van der Waals surface area contributed by atoms with Crippen LogP contribution in [0.5, 0.6) is 0 Å². The van der Waals surface area contributed by atoms with Gasteiger partial charge in [-0.2, -0.15) is 0 Å². The monoisotopic (exact) mass is 426 g/mol. The fraction of sp³-hybridized carbons (Fsp3) is 0.333. The minimum absolute atomic E-state index is 0.116. The van der Waals surface area contributed by atoms with E-state index in [-0.39, 0.29) is 11.3 Å². The van der Waals surface area contributed by atoms with Crippen molar-refractivity contribution in [3.8, 4) is 0 Å². The van der Waals surface area contributed by atoms with Crippen LogP contribution in [-0.2, 0) is 9.59 Å². The lowest BCUT2D eigenvalue weighted by Crippen LogP contribution is -2.38. The van der Waals surface area contributed by atoms with Gasteiger partial charge in [0.05, 0.1) is 11.6 Å². The number of likely N-dealkylation sites (tertiary alicyclic amines) is 1. The van der Waals surface area contributed by atoms with Crippen molar-refractivity contribution in [3.63, 3.8) is 0 Å². The molecule has 0 radical (unpaired) electrons. The van der Waals surface area contributed by atoms with Gasteiger partial charge in [0.25, 0.3) is 11.7 Å². The molecule has 5 nitrogen and oxygen atoms in total. The molecule has 1 N–H and O–H groups in total. The van der Waals surface area contributed by atoms with Crippen LogP contribution in [0.3, 0.4) is 0 Å². The number of carbonyl (C=O) groups excluding carboxylic acids is 2. The van der Waals surface area contributed by atoms with Gasteiger partial charge >= 0.3 is 0 Å². The fourth-order valence-electron chi connectivity index (χ4n) is 3.76. The van der Waals surface area contributed by atoms with E-state index in [1.807, 2.05) is 31.2 Å². The van der Waals surface area contributed by atoms with Crippen molar-refractivity contribution in [3.05, 3.63) is 75.8 Å². The first kappa shape index (κ1) is 22.1. The van der Waals surface area contributed by atoms with Crippen molar-refractivity contribution >= 4 is 29.1 Å². The Hall–Kier alpha value is -2.63. The van der Waals surface area contributed by atoms with E-state index < -0.39 is 17.7 Å². The topological polar surface area (TPSA) is 60.9 Å². The summed E-state index contributed by atoms with van der Waals surface area (Å²) in [6.07, 6.45) is 0. The van der Waals surface area contributed by atoms with Crippen LogP contribution in [0, 0.1) is 6.92 Å². The van der Waals surface area contributed by atoms with Gasteiger partial charge in [0.2, 0.25) is 0 Å². The SMILES string of the molecule is CCN(CC)CCN1C(=O)C(=O)C(=C(O)c2ccc(Cl)cc2)[C@@H]1c1ccc(C)cc1. The molecule has 6 heteroatoms. The molecule has 0 aromatic heterocycles. The zero-order chi connectivity index (χ0) is 21.8. The molecule has 1 heterocycles. The van der Waals surface area contributed by atoms with E-state index in [0.29, 0.717) is 23.7 Å². The van der Waals surface area contributed by atoms with Crippen LogP contribution < -0.4 is 0 Å². The first-order valence-electron chi connectivity index (χ1n) is 10.2. The van der Waals surface area contributed by atoms with E-state index >= 15 is 0 Å². The van der Waals surface area contributed by atoms with Crippen LogP contribution in [0.4, 0.5) is 0 Å². The Bertz CT molecular complexity index is 947. The number of ketones is 1. The summed E-state index contributed by atoms with van der Waals surface area (Å²) in [6, 6.07) is 13.7. The van der Waals surface area contributed by atoms with Gasteiger partial charge in [-0.15, -0.1) is 0 Å². The second kappa shape index (κ2) is 9.45. The largest absolute Gasteiger partial charge is 0.507 e. The van der Waals surface area contributed by atoms with Crippen molar-refractivity contribution in [1.29, 1.82) is 0 Å². The number of amides is 1. The molecule has 1 aliphatic rings. The summed E-state index contributed by atoms with van der Waals surface area (Å²) in [5.41, 5.74) is 2.45. The molecular weight excluding hydrogens is 400 g/mol. The molecule has 2 aromatic rings. The maximum Gasteiger partial charge on any atom is 0.295 e. The van der Waals surface area contributed by atoms with Gasteiger partial charge in [-0.05, 0) is 49.8 Å². The van der Waals surface area contributed by atoms with Gasteiger partial charge in [0.15, 0.2) is 0 Å². The third kappa shape index (κ3) is 4.42. The van der Waals surface area contributed by atoms with Crippen LogP contribution in [0.1, 0.15) is 36.6 Å². The van der Waals surface area contributed by atoms with E-state index in [2.05, 4.69) is 18.7 Å². The van der Waals surface area contributed by atoms with Gasteiger partial charge < -0.3 is 14.9 Å². The highest BCUT2D eigenvalue weighted by Gasteiger charge is 2.45. The number of benzene rings is 2. The van der Waals surface area contributed by atoms with Crippen molar-refractivity contribution < 1.29 is 14.7 Å². The van der Waals surface area contributed by atoms with Crippen molar-refractivity contribution in [2.45, 2.75) is 26.8 Å². The summed E-state index contributed by atoms with van der Waals surface area (Å²) < 4.78 is 0. The van der Waals surface area contributed by atoms with E-state index in [0.717, 1.165) is 24.2 Å². The summed E-state index contributed by atoms with van der Waals surface area (Å²) >= 11 is 5.96. The fourth-order valence-corrected chi connectivity index (χ4v) is 3.88. The Labute approximate surface area is 182 Å². The zero-order valence-corrected chi connectivity index (χ0v) is 18.3. The number of carbonyl (C=O) groups is 2. The number of nitrogens with zero attached hydrogens (tertiary/aromatic N) is 2. The third-order valence-electron chi connectivity index (χ3n) is 5.60. The van der Waals surface area contributed by atoms with Gasteiger partial charge in [-0.3, -0.25) is 9.59 Å². The second-order valence-corrected chi connectivity index (χ2v) is 7.87. The number of hydrogen-bond acceptors (Lipinski definition) is 4. The molecule has 0 unspecified atom stereocenters. The smallest absolute Gasteiger partial charge is 0.295 e. The van der Waals surface area contributed by atoms with Crippen molar-refractivity contribution in [2.75, 3.05) is 26.2 Å². The lowest BCUT2D eigenvalue weighted by atomic mass is 9.95. The number of likely N-dealkylation sites (N-methyl/N-ethyl adjacent to an activating group) is 1. The van der Waals surface area contributed by atoms with E-state index in [1.54, 1.807) is 29.2 Å². The highest BCUT2D eigenvalue weighted by Crippen LogP contribution is 2.39. The van der Waals surface area contributed by atoms with Crippen LogP contribution >= 0.6 is 11.6 Å². The predicted octanol–water partition coefficient (Wildman–Crippen LogP) is 4.41. The molecule has 0 saturated carbocycles. The Morgan fingerprint density at radius 3 is 2.20 bits per heavy atom. The van der Waals surface area contributed by atoms with Crippen LogP contribution in [0.25, 0.3) is 5.76 Å². The molecule has 0 aliphatic carbocycles. The Balaban J connectivity index is 2.08. The number of hydrogen-bond donors (Lipinski definition) is 1. The molecule has 1 atom stereocenters. The standard InChI is InChI=1S/C24H27ClN2O3/c1-4-26(5-2)14-15-27-21(17-8-6-16(3)7-9-17)20(23(29)24(27)30)22(28)18-10-12-19(25)13-11-18/h6-13,21,28H,4-5,14-15H2,1-3H3/t21-/m0/s1. The summed E-state index contributed by atoms with van der Waals surface area (Å²) in [5.74, 6) is -1.42.